The van der Waals surface area contributed by atoms with Crippen LogP contribution >= 0.6 is 18.9 Å². The molecule has 0 amide bonds. The molecule has 2 aromatic rings. The Bertz CT molecular complexity index is 1020. The van der Waals surface area contributed by atoms with Gasteiger partial charge in [-0.3, -0.25) is 4.57 Å². The summed E-state index contributed by atoms with van der Waals surface area (Å²) in [7, 11) is -8.56. The lowest BCUT2D eigenvalue weighted by atomic mass is 10.1. The lowest BCUT2D eigenvalue weighted by Gasteiger charge is -2.17. The standard InChI is InChI=1S/C18H28N3O7PS2/c1-13-14(4-5-15(27-10-2-8-19)18(13)28-11-3-9-20)16-6-7-17(30-16)31(25,26)21-12-29(22,23)24/h4-7,21H,2-3,8-12,19-20H2,1H3,(H2,22,23,24). The van der Waals surface area contributed by atoms with Crippen molar-refractivity contribution < 1.29 is 32.2 Å². The number of benzene rings is 1. The SMILES string of the molecule is Cc1c(-c2ccc(S(=O)(=O)NCP(=O)(O)O)s2)ccc(OCCCN)c1OCCCN. The second-order valence-electron chi connectivity index (χ2n) is 6.64. The van der Waals surface area contributed by atoms with Crippen LogP contribution in [0.2, 0.25) is 0 Å². The van der Waals surface area contributed by atoms with Gasteiger partial charge >= 0.3 is 7.60 Å². The fourth-order valence-corrected chi connectivity index (χ4v) is 6.05. The smallest absolute Gasteiger partial charge is 0.340 e. The molecule has 10 nitrogen and oxygen atoms in total. The van der Waals surface area contributed by atoms with E-state index in [4.69, 9.17) is 30.7 Å². The Kier molecular flexibility index (Phi) is 9.46. The van der Waals surface area contributed by atoms with E-state index in [0.29, 0.717) is 55.5 Å². The van der Waals surface area contributed by atoms with Crippen molar-refractivity contribution in [3.63, 3.8) is 0 Å². The van der Waals surface area contributed by atoms with Crippen molar-refractivity contribution in [2.45, 2.75) is 24.0 Å². The zero-order valence-electron chi connectivity index (χ0n) is 17.1. The Hall–Kier alpha value is -1.50. The van der Waals surface area contributed by atoms with E-state index >= 15 is 0 Å². The minimum atomic E-state index is -4.51. The predicted molar refractivity (Wildman–Crippen MR) is 120 cm³/mol. The highest BCUT2D eigenvalue weighted by molar-refractivity contribution is 7.92. The number of hydrogen-bond donors (Lipinski definition) is 5. The van der Waals surface area contributed by atoms with Gasteiger partial charge < -0.3 is 30.7 Å². The maximum absolute atomic E-state index is 12.3. The topological polar surface area (TPSA) is 174 Å². The summed E-state index contributed by atoms with van der Waals surface area (Å²) in [6.45, 7) is 3.68. The van der Waals surface area contributed by atoms with Crippen LogP contribution in [0.4, 0.5) is 0 Å². The minimum absolute atomic E-state index is 0.0516. The van der Waals surface area contributed by atoms with Crippen molar-refractivity contribution in [1.29, 1.82) is 0 Å². The maximum Gasteiger partial charge on any atom is 0.340 e. The van der Waals surface area contributed by atoms with Crippen molar-refractivity contribution in [3.8, 4) is 21.9 Å². The molecule has 0 radical (unpaired) electrons. The number of nitrogens with one attached hydrogen (secondary N) is 1. The monoisotopic (exact) mass is 493 g/mol. The van der Waals surface area contributed by atoms with Gasteiger partial charge in [-0.15, -0.1) is 11.3 Å². The van der Waals surface area contributed by atoms with Crippen LogP contribution in [0.1, 0.15) is 18.4 Å². The van der Waals surface area contributed by atoms with Gasteiger partial charge in [0.25, 0.3) is 10.0 Å². The summed E-state index contributed by atoms with van der Waals surface area (Å²) in [6, 6.07) is 6.60. The molecule has 174 valence electrons. The molecule has 0 spiro atoms. The average Bonchev–Trinajstić information content (AvgIpc) is 3.19. The Morgan fingerprint density at radius 2 is 1.71 bits per heavy atom. The third-order valence-corrected chi connectivity index (χ3v) is 7.94. The normalized spacial score (nSPS) is 12.2. The summed E-state index contributed by atoms with van der Waals surface area (Å²) in [5.74, 6) is 1.12. The first-order valence-corrected chi connectivity index (χ1v) is 13.6. The quantitative estimate of drug-likeness (QED) is 0.205. The molecule has 0 bridgehead atoms. The molecule has 0 unspecified atom stereocenters. The van der Waals surface area contributed by atoms with Crippen LogP contribution in [0.25, 0.3) is 10.4 Å². The first-order valence-electron chi connectivity index (χ1n) is 9.53. The van der Waals surface area contributed by atoms with Gasteiger partial charge in [-0.25, -0.2) is 8.42 Å². The second-order valence-corrected chi connectivity index (χ2v) is 11.4. The van der Waals surface area contributed by atoms with E-state index in [1.165, 1.54) is 6.07 Å². The van der Waals surface area contributed by atoms with Gasteiger partial charge in [-0.2, -0.15) is 4.72 Å². The van der Waals surface area contributed by atoms with Crippen LogP contribution in [-0.4, -0.2) is 50.8 Å². The fourth-order valence-electron chi connectivity index (χ4n) is 2.60. The molecular weight excluding hydrogens is 465 g/mol. The predicted octanol–water partition coefficient (Wildman–Crippen LogP) is 1.59. The van der Waals surface area contributed by atoms with Gasteiger partial charge in [0.2, 0.25) is 0 Å². The van der Waals surface area contributed by atoms with Gasteiger partial charge in [0.1, 0.15) is 10.5 Å². The highest BCUT2D eigenvalue weighted by atomic mass is 32.2. The molecule has 1 aromatic carbocycles. The average molecular weight is 494 g/mol. The molecule has 0 atom stereocenters. The van der Waals surface area contributed by atoms with Crippen LogP contribution in [0.5, 0.6) is 11.5 Å². The van der Waals surface area contributed by atoms with E-state index in [0.717, 1.165) is 22.5 Å². The number of ether oxygens (including phenoxy) is 2. The summed E-state index contributed by atoms with van der Waals surface area (Å²) < 4.78 is 49.2. The molecule has 0 saturated heterocycles. The molecule has 7 N–H and O–H groups in total. The molecule has 2 rings (SSSR count). The molecule has 0 fully saturated rings. The van der Waals surface area contributed by atoms with Crippen molar-refractivity contribution in [2.75, 3.05) is 32.6 Å². The van der Waals surface area contributed by atoms with Crippen LogP contribution in [0, 0.1) is 6.92 Å². The maximum atomic E-state index is 12.3. The third-order valence-electron chi connectivity index (χ3n) is 4.14. The van der Waals surface area contributed by atoms with Gasteiger partial charge in [-0.05, 0) is 62.7 Å². The number of rotatable bonds is 13. The van der Waals surface area contributed by atoms with E-state index in [2.05, 4.69) is 0 Å². The summed E-state index contributed by atoms with van der Waals surface area (Å²) in [5, 5.41) is 0. The van der Waals surface area contributed by atoms with Crippen LogP contribution in [-0.2, 0) is 14.6 Å². The Labute approximate surface area is 185 Å². The molecule has 0 saturated carbocycles. The molecule has 0 aliphatic rings. The zero-order valence-corrected chi connectivity index (χ0v) is 19.6. The Morgan fingerprint density at radius 3 is 2.32 bits per heavy atom. The molecule has 0 aliphatic carbocycles. The van der Waals surface area contributed by atoms with E-state index < -0.39 is 23.9 Å². The summed E-state index contributed by atoms with van der Waals surface area (Å²) in [6.07, 6.45) is 0.394. The van der Waals surface area contributed by atoms with E-state index in [-0.39, 0.29) is 4.21 Å². The number of hydrogen-bond acceptors (Lipinski definition) is 8. The Balaban J connectivity index is 2.33. The first kappa shape index (κ1) is 25.8. The zero-order chi connectivity index (χ0) is 23.1. The van der Waals surface area contributed by atoms with Crippen molar-refractivity contribution in [3.05, 3.63) is 29.8 Å². The summed E-state index contributed by atoms with van der Waals surface area (Å²) >= 11 is 0.986. The molecule has 1 aromatic heterocycles. The lowest BCUT2D eigenvalue weighted by molar-refractivity contribution is 0.264. The summed E-state index contributed by atoms with van der Waals surface area (Å²) in [5.41, 5.74) is 12.6. The van der Waals surface area contributed by atoms with E-state index in [1.54, 1.807) is 12.1 Å². The highest BCUT2D eigenvalue weighted by Gasteiger charge is 2.23. The summed E-state index contributed by atoms with van der Waals surface area (Å²) in [4.78, 5) is 18.5. The number of nitrogens with two attached hydrogens (primary N) is 2. The van der Waals surface area contributed by atoms with Crippen molar-refractivity contribution in [1.82, 2.24) is 4.72 Å². The second kappa shape index (κ2) is 11.4. The molecule has 13 heteroatoms. The van der Waals surface area contributed by atoms with Crippen molar-refractivity contribution >= 4 is 29.0 Å². The molecule has 0 aliphatic heterocycles. The number of thiophene rings is 1. The highest BCUT2D eigenvalue weighted by Crippen LogP contribution is 2.41. The Morgan fingerprint density at radius 1 is 1.06 bits per heavy atom. The lowest BCUT2D eigenvalue weighted by Crippen LogP contribution is -2.23. The molecule has 1 heterocycles. The van der Waals surface area contributed by atoms with Crippen molar-refractivity contribution in [2.24, 2.45) is 11.5 Å². The van der Waals surface area contributed by atoms with Crippen LogP contribution in [0.15, 0.2) is 28.5 Å². The van der Waals surface area contributed by atoms with Crippen LogP contribution < -0.4 is 25.7 Å². The van der Waals surface area contributed by atoms with E-state index in [9.17, 15) is 13.0 Å². The fraction of sp³-hybridized carbons (Fsp3) is 0.444. The van der Waals surface area contributed by atoms with Crippen LogP contribution in [0.3, 0.4) is 0 Å². The molecular formula is C18H28N3O7PS2. The van der Waals surface area contributed by atoms with Gasteiger partial charge in [0, 0.05) is 10.4 Å². The third kappa shape index (κ3) is 7.55. The van der Waals surface area contributed by atoms with Gasteiger partial charge in [0.05, 0.1) is 13.2 Å². The van der Waals surface area contributed by atoms with Gasteiger partial charge in [0.15, 0.2) is 11.5 Å². The molecule has 31 heavy (non-hydrogen) atoms. The minimum Gasteiger partial charge on any atom is -0.490 e. The van der Waals surface area contributed by atoms with Gasteiger partial charge in [-0.1, -0.05) is 0 Å². The van der Waals surface area contributed by atoms with E-state index in [1.807, 2.05) is 17.7 Å². The largest absolute Gasteiger partial charge is 0.490 e. The number of sulfonamides is 1. The first-order chi connectivity index (χ1) is 14.6.